The lowest BCUT2D eigenvalue weighted by Gasteiger charge is -1.96. The molecule has 6 heteroatoms. The van der Waals surface area contributed by atoms with E-state index in [4.69, 9.17) is 5.73 Å². The van der Waals surface area contributed by atoms with Crippen molar-refractivity contribution in [3.63, 3.8) is 0 Å². The molecule has 0 saturated carbocycles. The Hall–Kier alpha value is -1.92. The van der Waals surface area contributed by atoms with Crippen molar-refractivity contribution >= 4 is 22.4 Å². The molecule has 3 aromatic rings. The van der Waals surface area contributed by atoms with E-state index in [0.29, 0.717) is 6.54 Å². The van der Waals surface area contributed by atoms with Crippen LogP contribution < -0.4 is 11.4 Å². The van der Waals surface area contributed by atoms with Crippen LogP contribution >= 0.6 is 11.3 Å². The van der Waals surface area contributed by atoms with Gasteiger partial charge in [0.05, 0.1) is 16.7 Å². The zero-order valence-electron chi connectivity index (χ0n) is 9.56. The lowest BCUT2D eigenvalue weighted by molar-refractivity contribution is 0.936. The highest BCUT2D eigenvalue weighted by atomic mass is 32.1. The Bertz CT molecular complexity index is 740. The number of hydrogen-bond donors (Lipinski definition) is 3. The van der Waals surface area contributed by atoms with Gasteiger partial charge in [0.25, 0.3) is 0 Å². The number of hydrogen-bond acceptors (Lipinski definition) is 4. The second kappa shape index (κ2) is 4.40. The van der Waals surface area contributed by atoms with Crippen LogP contribution in [0.5, 0.6) is 0 Å². The summed E-state index contributed by atoms with van der Waals surface area (Å²) < 4.78 is 0. The van der Waals surface area contributed by atoms with Crippen molar-refractivity contribution in [2.24, 2.45) is 5.73 Å². The van der Waals surface area contributed by atoms with Crippen molar-refractivity contribution < 1.29 is 0 Å². The van der Waals surface area contributed by atoms with E-state index in [1.165, 1.54) is 0 Å². The summed E-state index contributed by atoms with van der Waals surface area (Å²) >= 11 is 1.59. The van der Waals surface area contributed by atoms with Crippen molar-refractivity contribution in [3.8, 4) is 10.6 Å². The van der Waals surface area contributed by atoms with Gasteiger partial charge in [-0.1, -0.05) is 0 Å². The molecular formula is C12H12N4OS. The summed E-state index contributed by atoms with van der Waals surface area (Å²) in [5.74, 6) is 0. The van der Waals surface area contributed by atoms with Gasteiger partial charge in [0, 0.05) is 17.4 Å². The van der Waals surface area contributed by atoms with Crippen LogP contribution in [-0.2, 0) is 6.42 Å². The van der Waals surface area contributed by atoms with E-state index in [2.05, 4.69) is 15.0 Å². The molecule has 0 radical (unpaired) electrons. The fraction of sp³-hybridized carbons (Fsp3) is 0.167. The van der Waals surface area contributed by atoms with Gasteiger partial charge in [0.2, 0.25) is 0 Å². The second-order valence-corrected chi connectivity index (χ2v) is 4.88. The number of fused-ring (bicyclic) bond motifs is 1. The Morgan fingerprint density at radius 2 is 2.11 bits per heavy atom. The number of benzene rings is 1. The molecule has 0 aliphatic heterocycles. The van der Waals surface area contributed by atoms with Crippen molar-refractivity contribution in [2.75, 3.05) is 6.54 Å². The molecule has 0 amide bonds. The first-order valence-electron chi connectivity index (χ1n) is 5.63. The van der Waals surface area contributed by atoms with Crippen LogP contribution in [0.2, 0.25) is 0 Å². The third-order valence-corrected chi connectivity index (χ3v) is 3.66. The third-order valence-electron chi connectivity index (χ3n) is 2.72. The quantitative estimate of drug-likeness (QED) is 0.666. The van der Waals surface area contributed by atoms with Gasteiger partial charge in [0.1, 0.15) is 5.01 Å². The molecule has 0 atom stereocenters. The number of nitrogens with zero attached hydrogens (tertiary/aromatic N) is 1. The minimum absolute atomic E-state index is 0.190. The molecule has 0 saturated heterocycles. The average molecular weight is 260 g/mol. The van der Waals surface area contributed by atoms with Crippen molar-refractivity contribution in [2.45, 2.75) is 6.42 Å². The summed E-state index contributed by atoms with van der Waals surface area (Å²) in [6.45, 7) is 0.605. The molecule has 0 aliphatic carbocycles. The smallest absolute Gasteiger partial charge is 0.323 e. The molecule has 4 N–H and O–H groups in total. The lowest BCUT2D eigenvalue weighted by atomic mass is 10.2. The molecule has 2 aromatic heterocycles. The van der Waals surface area contributed by atoms with Crippen LogP contribution in [0.3, 0.4) is 0 Å². The monoisotopic (exact) mass is 260 g/mol. The number of aromatic nitrogens is 3. The van der Waals surface area contributed by atoms with Crippen LogP contribution in [0, 0.1) is 0 Å². The molecule has 0 fully saturated rings. The number of thiazole rings is 1. The maximum absolute atomic E-state index is 11.2. The van der Waals surface area contributed by atoms with Crippen LogP contribution in [-0.4, -0.2) is 21.5 Å². The summed E-state index contributed by atoms with van der Waals surface area (Å²) in [6.07, 6.45) is 0.791. The fourth-order valence-corrected chi connectivity index (χ4v) is 2.72. The molecule has 0 bridgehead atoms. The Balaban J connectivity index is 2.04. The molecule has 18 heavy (non-hydrogen) atoms. The highest BCUT2D eigenvalue weighted by Crippen LogP contribution is 2.25. The predicted octanol–water partition coefficient (Wildman–Crippen LogP) is 1.48. The zero-order valence-corrected chi connectivity index (χ0v) is 10.4. The largest absolute Gasteiger partial charge is 0.330 e. The van der Waals surface area contributed by atoms with E-state index < -0.39 is 0 Å². The van der Waals surface area contributed by atoms with E-state index in [1.54, 1.807) is 11.3 Å². The number of rotatable bonds is 3. The van der Waals surface area contributed by atoms with Crippen molar-refractivity contribution in [1.29, 1.82) is 0 Å². The topological polar surface area (TPSA) is 87.6 Å². The van der Waals surface area contributed by atoms with Gasteiger partial charge in [-0.2, -0.15) is 0 Å². The average Bonchev–Trinajstić information content (AvgIpc) is 2.93. The highest BCUT2D eigenvalue weighted by molar-refractivity contribution is 7.13. The Morgan fingerprint density at radius 1 is 1.28 bits per heavy atom. The highest BCUT2D eigenvalue weighted by Gasteiger charge is 2.06. The van der Waals surface area contributed by atoms with Crippen LogP contribution in [0.4, 0.5) is 0 Å². The number of H-pyrrole nitrogens is 2. The zero-order chi connectivity index (χ0) is 12.5. The van der Waals surface area contributed by atoms with Gasteiger partial charge in [0.15, 0.2) is 0 Å². The molecule has 5 nitrogen and oxygen atoms in total. The van der Waals surface area contributed by atoms with Gasteiger partial charge < -0.3 is 15.7 Å². The maximum atomic E-state index is 11.2. The Morgan fingerprint density at radius 3 is 2.94 bits per heavy atom. The Kier molecular flexibility index (Phi) is 2.73. The summed E-state index contributed by atoms with van der Waals surface area (Å²) in [6, 6.07) is 5.77. The maximum Gasteiger partial charge on any atom is 0.323 e. The molecular weight excluding hydrogens is 248 g/mol. The number of aromatic amines is 2. The summed E-state index contributed by atoms with van der Waals surface area (Å²) in [5, 5.41) is 2.97. The van der Waals surface area contributed by atoms with Gasteiger partial charge >= 0.3 is 5.69 Å². The molecule has 0 spiro atoms. The SMILES string of the molecule is NCCc1csc(-c2ccc3[nH]c(=O)[nH]c3c2)n1. The normalized spacial score (nSPS) is 11.2. The first kappa shape index (κ1) is 11.2. The summed E-state index contributed by atoms with van der Waals surface area (Å²) in [7, 11) is 0. The fourth-order valence-electron chi connectivity index (χ4n) is 1.87. The van der Waals surface area contributed by atoms with E-state index in [1.807, 2.05) is 23.6 Å². The summed E-state index contributed by atoms with van der Waals surface area (Å²) in [4.78, 5) is 21.2. The second-order valence-electron chi connectivity index (χ2n) is 4.02. The van der Waals surface area contributed by atoms with E-state index in [-0.39, 0.29) is 5.69 Å². The first-order valence-corrected chi connectivity index (χ1v) is 6.51. The van der Waals surface area contributed by atoms with Crippen molar-refractivity contribution in [3.05, 3.63) is 39.8 Å². The van der Waals surface area contributed by atoms with Gasteiger partial charge in [-0.3, -0.25) is 0 Å². The molecule has 0 unspecified atom stereocenters. The van der Waals surface area contributed by atoms with E-state index in [0.717, 1.165) is 33.7 Å². The number of nitrogens with one attached hydrogen (secondary N) is 2. The molecule has 0 aliphatic rings. The van der Waals surface area contributed by atoms with Crippen molar-refractivity contribution in [1.82, 2.24) is 15.0 Å². The predicted molar refractivity (Wildman–Crippen MR) is 72.8 cm³/mol. The summed E-state index contributed by atoms with van der Waals surface area (Å²) in [5.41, 5.74) is 8.94. The van der Waals surface area contributed by atoms with Crippen LogP contribution in [0.25, 0.3) is 21.6 Å². The van der Waals surface area contributed by atoms with E-state index in [9.17, 15) is 4.79 Å². The number of nitrogens with two attached hydrogens (primary N) is 1. The number of imidazole rings is 1. The molecule has 1 aromatic carbocycles. The van der Waals surface area contributed by atoms with Crippen LogP contribution in [0.15, 0.2) is 28.4 Å². The standard InChI is InChI=1S/C12H12N4OS/c13-4-3-8-6-18-11(14-8)7-1-2-9-10(5-7)16-12(17)15-9/h1-2,5-6H,3-4,13H2,(H2,15,16,17). The van der Waals surface area contributed by atoms with Gasteiger partial charge in [-0.15, -0.1) is 11.3 Å². The lowest BCUT2D eigenvalue weighted by Crippen LogP contribution is -2.02. The minimum atomic E-state index is -0.190. The third kappa shape index (κ3) is 1.96. The first-order chi connectivity index (χ1) is 8.76. The minimum Gasteiger partial charge on any atom is -0.330 e. The Labute approximate surface area is 107 Å². The van der Waals surface area contributed by atoms with Gasteiger partial charge in [-0.25, -0.2) is 9.78 Å². The molecule has 2 heterocycles. The van der Waals surface area contributed by atoms with Gasteiger partial charge in [-0.05, 0) is 24.7 Å². The van der Waals surface area contributed by atoms with Crippen LogP contribution in [0.1, 0.15) is 5.69 Å². The van der Waals surface area contributed by atoms with E-state index >= 15 is 0 Å². The molecule has 3 rings (SSSR count). The molecule has 92 valence electrons.